The number of aromatic nitrogens is 1. The van der Waals surface area contributed by atoms with Crippen LogP contribution in [0.2, 0.25) is 0 Å². The Balaban J connectivity index is 2.07. The highest BCUT2D eigenvalue weighted by Gasteiger charge is 2.38. The Morgan fingerprint density at radius 1 is 1.35 bits per heavy atom. The van der Waals surface area contributed by atoms with E-state index >= 15 is 0 Å². The molecule has 1 aliphatic rings. The van der Waals surface area contributed by atoms with E-state index in [4.69, 9.17) is 4.74 Å². The second kappa shape index (κ2) is 5.22. The van der Waals surface area contributed by atoms with E-state index in [9.17, 15) is 15.3 Å². The van der Waals surface area contributed by atoms with Crippen LogP contribution in [0, 0.1) is 6.92 Å². The molecule has 0 bridgehead atoms. The van der Waals surface area contributed by atoms with Crippen LogP contribution in [-0.4, -0.2) is 49.8 Å². The lowest BCUT2D eigenvalue weighted by molar-refractivity contribution is -0.0787. The Morgan fingerprint density at radius 3 is 2.82 bits per heavy atom. The first kappa shape index (κ1) is 12.6. The predicted octanol–water partition coefficient (Wildman–Crippen LogP) is -0.0756. The van der Waals surface area contributed by atoms with Gasteiger partial charge in [-0.3, -0.25) is 4.98 Å². The molecule has 1 aliphatic heterocycles. The topological polar surface area (TPSA) is 82.8 Å². The number of rotatable bonds is 2. The summed E-state index contributed by atoms with van der Waals surface area (Å²) in [6.45, 7) is 1.81. The van der Waals surface area contributed by atoms with Crippen LogP contribution in [0.5, 0.6) is 5.75 Å². The van der Waals surface area contributed by atoms with Crippen LogP contribution in [0.1, 0.15) is 5.69 Å². The Hall–Kier alpha value is -0.820. The van der Waals surface area contributed by atoms with Gasteiger partial charge in [-0.2, -0.15) is 0 Å². The van der Waals surface area contributed by atoms with Gasteiger partial charge in [-0.25, -0.2) is 0 Å². The van der Waals surface area contributed by atoms with Crippen LogP contribution in [-0.2, 0) is 0 Å². The molecule has 2 heterocycles. The summed E-state index contributed by atoms with van der Waals surface area (Å²) in [5, 5.41) is 28.7. The van der Waals surface area contributed by atoms with E-state index in [1.165, 1.54) is 11.8 Å². The molecule has 6 heteroatoms. The summed E-state index contributed by atoms with van der Waals surface area (Å²) in [6, 6.07) is 3.50. The van der Waals surface area contributed by atoms with Gasteiger partial charge in [-0.1, -0.05) is 0 Å². The third kappa shape index (κ3) is 2.71. The Kier molecular flexibility index (Phi) is 3.88. The van der Waals surface area contributed by atoms with E-state index in [0.717, 1.165) is 5.69 Å². The smallest absolute Gasteiger partial charge is 0.173 e. The first-order chi connectivity index (χ1) is 8.09. The fourth-order valence-electron chi connectivity index (χ4n) is 1.60. The maximum absolute atomic E-state index is 9.78. The second-order valence-electron chi connectivity index (χ2n) is 3.96. The van der Waals surface area contributed by atoms with Crippen LogP contribution >= 0.6 is 11.8 Å². The van der Waals surface area contributed by atoms with Gasteiger partial charge in [-0.15, -0.1) is 11.8 Å². The number of nitrogens with zero attached hydrogens (tertiary/aromatic N) is 1. The number of hydrogen-bond donors (Lipinski definition) is 3. The Labute approximate surface area is 103 Å². The maximum atomic E-state index is 9.78. The van der Waals surface area contributed by atoms with Gasteiger partial charge in [0, 0.05) is 11.9 Å². The van der Waals surface area contributed by atoms with Crippen molar-refractivity contribution in [3.05, 3.63) is 24.0 Å². The molecular weight excluding hydrogens is 242 g/mol. The fraction of sp³-hybridized carbons (Fsp3) is 0.545. The molecule has 4 atom stereocenters. The number of aryl methyl sites for hydroxylation is 1. The monoisotopic (exact) mass is 257 g/mol. The third-order valence-corrected chi connectivity index (χ3v) is 3.89. The van der Waals surface area contributed by atoms with Crippen LogP contribution < -0.4 is 4.74 Å². The summed E-state index contributed by atoms with van der Waals surface area (Å²) in [5.41, 5.74) is 0.136. The number of aliphatic hydroxyl groups excluding tert-OH is 3. The van der Waals surface area contributed by atoms with E-state index in [-0.39, 0.29) is 0 Å². The molecule has 3 N–H and O–H groups in total. The van der Waals surface area contributed by atoms with Gasteiger partial charge in [0.05, 0.1) is 11.8 Å². The molecule has 2 rings (SSSR count). The molecule has 0 aromatic carbocycles. The van der Waals surface area contributed by atoms with E-state index in [1.807, 2.05) is 0 Å². The number of pyridine rings is 1. The summed E-state index contributed by atoms with van der Waals surface area (Å²) in [4.78, 5) is 4.08. The van der Waals surface area contributed by atoms with Gasteiger partial charge >= 0.3 is 0 Å². The zero-order chi connectivity index (χ0) is 12.4. The molecule has 0 aliphatic carbocycles. The average Bonchev–Trinajstić information content (AvgIpc) is 2.32. The van der Waals surface area contributed by atoms with Crippen LogP contribution in [0.25, 0.3) is 0 Å². The van der Waals surface area contributed by atoms with Crippen molar-refractivity contribution in [3.8, 4) is 5.75 Å². The van der Waals surface area contributed by atoms with Crippen molar-refractivity contribution in [1.29, 1.82) is 0 Å². The molecule has 94 valence electrons. The third-order valence-electron chi connectivity index (χ3n) is 2.66. The summed E-state index contributed by atoms with van der Waals surface area (Å²) >= 11 is 1.28. The molecule has 17 heavy (non-hydrogen) atoms. The number of hydrogen-bond acceptors (Lipinski definition) is 6. The Morgan fingerprint density at radius 2 is 2.12 bits per heavy atom. The quantitative estimate of drug-likeness (QED) is 0.687. The van der Waals surface area contributed by atoms with Crippen molar-refractivity contribution >= 4 is 11.8 Å². The van der Waals surface area contributed by atoms with E-state index in [0.29, 0.717) is 11.5 Å². The van der Waals surface area contributed by atoms with Gasteiger partial charge in [-0.05, 0) is 19.1 Å². The van der Waals surface area contributed by atoms with E-state index < -0.39 is 23.7 Å². The van der Waals surface area contributed by atoms with E-state index in [1.54, 1.807) is 25.3 Å². The zero-order valence-corrected chi connectivity index (χ0v) is 10.2. The number of thioether (sulfide) groups is 1. The van der Waals surface area contributed by atoms with Crippen molar-refractivity contribution in [1.82, 2.24) is 4.98 Å². The molecule has 0 amide bonds. The van der Waals surface area contributed by atoms with Gasteiger partial charge in [0.15, 0.2) is 5.44 Å². The SMILES string of the molecule is Cc1ncccc1O[C@H]1SC[C@@H](O)[C@H](O)[C@H]1O. The van der Waals surface area contributed by atoms with Crippen LogP contribution in [0.4, 0.5) is 0 Å². The zero-order valence-electron chi connectivity index (χ0n) is 9.35. The summed E-state index contributed by atoms with van der Waals surface area (Å²) < 4.78 is 5.60. The summed E-state index contributed by atoms with van der Waals surface area (Å²) in [5.74, 6) is 0.912. The van der Waals surface area contributed by atoms with Crippen molar-refractivity contribution < 1.29 is 20.1 Å². The van der Waals surface area contributed by atoms with Crippen molar-refractivity contribution in [2.75, 3.05) is 5.75 Å². The molecule has 1 saturated heterocycles. The molecular formula is C11H15NO4S. The van der Waals surface area contributed by atoms with E-state index in [2.05, 4.69) is 4.98 Å². The molecule has 5 nitrogen and oxygen atoms in total. The number of ether oxygens (including phenoxy) is 1. The minimum atomic E-state index is -1.17. The molecule has 0 unspecified atom stereocenters. The van der Waals surface area contributed by atoms with Gasteiger partial charge < -0.3 is 20.1 Å². The van der Waals surface area contributed by atoms with Crippen LogP contribution in [0.3, 0.4) is 0 Å². The number of aliphatic hydroxyl groups is 3. The van der Waals surface area contributed by atoms with Crippen molar-refractivity contribution in [2.24, 2.45) is 0 Å². The van der Waals surface area contributed by atoms with Crippen LogP contribution in [0.15, 0.2) is 18.3 Å². The second-order valence-corrected chi connectivity index (χ2v) is 5.09. The lowest BCUT2D eigenvalue weighted by atomic mass is 10.1. The highest BCUT2D eigenvalue weighted by Crippen LogP contribution is 2.29. The normalized spacial score (nSPS) is 33.4. The average molecular weight is 257 g/mol. The lowest BCUT2D eigenvalue weighted by Crippen LogP contribution is -2.50. The largest absolute Gasteiger partial charge is 0.475 e. The lowest BCUT2D eigenvalue weighted by Gasteiger charge is -2.34. The van der Waals surface area contributed by atoms with Gasteiger partial charge in [0.2, 0.25) is 0 Å². The molecule has 1 aromatic heterocycles. The maximum Gasteiger partial charge on any atom is 0.173 e. The first-order valence-corrected chi connectivity index (χ1v) is 6.38. The highest BCUT2D eigenvalue weighted by molar-refractivity contribution is 7.99. The van der Waals surface area contributed by atoms with Gasteiger partial charge in [0.25, 0.3) is 0 Å². The summed E-state index contributed by atoms with van der Waals surface area (Å²) in [7, 11) is 0. The fourth-order valence-corrected chi connectivity index (χ4v) is 2.72. The summed E-state index contributed by atoms with van der Waals surface area (Å²) in [6.07, 6.45) is -1.53. The molecule has 1 fully saturated rings. The first-order valence-electron chi connectivity index (χ1n) is 5.33. The molecule has 0 spiro atoms. The highest BCUT2D eigenvalue weighted by atomic mass is 32.2. The molecule has 1 aromatic rings. The Bertz CT molecular complexity index is 389. The molecule has 0 radical (unpaired) electrons. The van der Waals surface area contributed by atoms with Crippen molar-refractivity contribution in [3.63, 3.8) is 0 Å². The minimum Gasteiger partial charge on any atom is -0.475 e. The minimum absolute atomic E-state index is 0.336. The predicted molar refractivity (Wildman–Crippen MR) is 63.9 cm³/mol. The van der Waals surface area contributed by atoms with Crippen molar-refractivity contribution in [2.45, 2.75) is 30.7 Å². The standard InChI is InChI=1S/C11H15NO4S/c1-6-8(3-2-4-12-6)16-11-10(15)9(14)7(13)5-17-11/h2-4,7,9-11,13-15H,5H2,1H3/t7-,9+,10-,11+/m1/s1. The van der Waals surface area contributed by atoms with Gasteiger partial charge in [0.1, 0.15) is 18.0 Å². The molecule has 0 saturated carbocycles.